The molecule has 3 rings (SSSR count). The van der Waals surface area contributed by atoms with Crippen LogP contribution < -0.4 is 5.32 Å². The summed E-state index contributed by atoms with van der Waals surface area (Å²) in [5.41, 5.74) is 2.80. The smallest absolute Gasteiger partial charge is 0.323 e. The Morgan fingerprint density at radius 2 is 1.94 bits per heavy atom. The maximum Gasteiger partial charge on any atom is 0.323 e. The van der Waals surface area contributed by atoms with Crippen LogP contribution in [0.3, 0.4) is 0 Å². The van der Waals surface area contributed by atoms with E-state index in [-0.39, 0.29) is 29.2 Å². The number of nitrogens with zero attached hydrogens (tertiary/aromatic N) is 3. The Labute approximate surface area is 190 Å². The number of carbonyl (C=O) groups excluding carboxylic acids is 1. The van der Waals surface area contributed by atoms with E-state index in [1.54, 1.807) is 6.07 Å². The molecular formula is C22H26N4O5S. The number of benzene rings is 2. The molecule has 0 saturated carbocycles. The Hall–Kier alpha value is -3.14. The highest BCUT2D eigenvalue weighted by Gasteiger charge is 2.26. The molecule has 0 saturated heterocycles. The molecule has 1 aromatic heterocycles. The van der Waals surface area contributed by atoms with Crippen LogP contribution in [-0.2, 0) is 14.9 Å². The molecule has 0 fully saturated rings. The zero-order valence-corrected chi connectivity index (χ0v) is 19.5. The second kappa shape index (κ2) is 9.56. The summed E-state index contributed by atoms with van der Waals surface area (Å²) in [5.74, 6) is -0.363. The summed E-state index contributed by atoms with van der Waals surface area (Å²) < 4.78 is 9.78. The standard InChI is InChI=1S/C22H26N4O5S/c1-13-7-8-15(22(3,4)5)11-17(13)32-18-12-16(23-9-6-10-30-14(2)27)21(26(28)29)20-19(18)24-31-25-20/h7-8,11-12,23H,6,9-10H2,1-5H3. The highest BCUT2D eigenvalue weighted by molar-refractivity contribution is 7.99. The fourth-order valence-corrected chi connectivity index (χ4v) is 4.16. The lowest BCUT2D eigenvalue weighted by atomic mass is 9.87. The van der Waals surface area contributed by atoms with Gasteiger partial charge in [0.2, 0.25) is 5.52 Å². The first-order valence-electron chi connectivity index (χ1n) is 10.2. The molecule has 2 aromatic carbocycles. The minimum atomic E-state index is -0.499. The van der Waals surface area contributed by atoms with Gasteiger partial charge in [-0.25, -0.2) is 4.63 Å². The third kappa shape index (κ3) is 5.37. The van der Waals surface area contributed by atoms with E-state index < -0.39 is 4.92 Å². The number of nitro benzene ring substituents is 1. The fourth-order valence-electron chi connectivity index (χ4n) is 3.10. The van der Waals surface area contributed by atoms with E-state index in [9.17, 15) is 14.9 Å². The van der Waals surface area contributed by atoms with Gasteiger partial charge in [-0.3, -0.25) is 14.9 Å². The lowest BCUT2D eigenvalue weighted by molar-refractivity contribution is -0.382. The third-order valence-electron chi connectivity index (χ3n) is 4.88. The van der Waals surface area contributed by atoms with Gasteiger partial charge in [0.25, 0.3) is 0 Å². The molecule has 1 N–H and O–H groups in total. The van der Waals surface area contributed by atoms with Crippen LogP contribution in [0.2, 0.25) is 0 Å². The van der Waals surface area contributed by atoms with Crippen molar-refractivity contribution in [1.82, 2.24) is 10.3 Å². The lowest BCUT2D eigenvalue weighted by Crippen LogP contribution is -2.11. The molecule has 32 heavy (non-hydrogen) atoms. The number of anilines is 1. The van der Waals surface area contributed by atoms with Crippen LogP contribution in [0.5, 0.6) is 0 Å². The summed E-state index contributed by atoms with van der Waals surface area (Å²) in [6, 6.07) is 8.01. The first kappa shape index (κ1) is 23.5. The van der Waals surface area contributed by atoms with Crippen LogP contribution in [0.1, 0.15) is 45.2 Å². The molecule has 9 nitrogen and oxygen atoms in total. The normalized spacial score (nSPS) is 11.5. The topological polar surface area (TPSA) is 120 Å². The van der Waals surface area contributed by atoms with Crippen LogP contribution in [0.25, 0.3) is 11.0 Å². The van der Waals surface area contributed by atoms with Crippen molar-refractivity contribution in [2.24, 2.45) is 0 Å². The van der Waals surface area contributed by atoms with Gasteiger partial charge in [-0.05, 0) is 52.3 Å². The molecule has 10 heteroatoms. The first-order chi connectivity index (χ1) is 15.1. The maximum atomic E-state index is 11.8. The number of aromatic nitrogens is 2. The van der Waals surface area contributed by atoms with E-state index in [0.29, 0.717) is 29.1 Å². The Bertz CT molecular complexity index is 1150. The number of fused-ring (bicyclic) bond motifs is 1. The molecule has 0 aliphatic rings. The van der Waals surface area contributed by atoms with Gasteiger partial charge in [0.1, 0.15) is 5.69 Å². The molecule has 0 radical (unpaired) electrons. The zero-order chi connectivity index (χ0) is 23.5. The molecule has 0 aliphatic heterocycles. The minimum Gasteiger partial charge on any atom is -0.466 e. The van der Waals surface area contributed by atoms with E-state index in [1.807, 2.05) is 6.92 Å². The zero-order valence-electron chi connectivity index (χ0n) is 18.7. The Balaban J connectivity index is 1.97. The van der Waals surface area contributed by atoms with Crippen LogP contribution in [0.4, 0.5) is 11.4 Å². The van der Waals surface area contributed by atoms with Crippen LogP contribution in [0.15, 0.2) is 38.7 Å². The molecule has 0 spiro atoms. The molecule has 0 bridgehead atoms. The van der Waals surface area contributed by atoms with Gasteiger partial charge in [0, 0.05) is 23.3 Å². The van der Waals surface area contributed by atoms with Crippen molar-refractivity contribution in [3.8, 4) is 0 Å². The Kier molecular flexibility index (Phi) is 7.02. The lowest BCUT2D eigenvalue weighted by Gasteiger charge is -2.20. The van der Waals surface area contributed by atoms with Crippen molar-refractivity contribution in [2.75, 3.05) is 18.5 Å². The van der Waals surface area contributed by atoms with Gasteiger partial charge in [-0.2, -0.15) is 0 Å². The summed E-state index contributed by atoms with van der Waals surface area (Å²) in [7, 11) is 0. The Morgan fingerprint density at radius 3 is 2.59 bits per heavy atom. The molecule has 3 aromatic rings. The van der Waals surface area contributed by atoms with Crippen LogP contribution in [-0.4, -0.2) is 34.4 Å². The number of carbonyl (C=O) groups is 1. The summed E-state index contributed by atoms with van der Waals surface area (Å²) in [5, 5.41) is 22.6. The summed E-state index contributed by atoms with van der Waals surface area (Å²) in [6.45, 7) is 10.4. The average molecular weight is 459 g/mol. The Morgan fingerprint density at radius 1 is 1.22 bits per heavy atom. The van der Waals surface area contributed by atoms with E-state index in [0.717, 1.165) is 10.5 Å². The number of nitrogens with one attached hydrogen (secondary N) is 1. The largest absolute Gasteiger partial charge is 0.466 e. The van der Waals surface area contributed by atoms with Gasteiger partial charge >= 0.3 is 11.7 Å². The van der Waals surface area contributed by atoms with E-state index in [1.165, 1.54) is 24.2 Å². The van der Waals surface area contributed by atoms with E-state index in [4.69, 9.17) is 9.37 Å². The molecule has 0 atom stereocenters. The minimum absolute atomic E-state index is 0.0160. The molecule has 170 valence electrons. The highest BCUT2D eigenvalue weighted by Crippen LogP contribution is 2.42. The second-order valence-corrected chi connectivity index (χ2v) is 9.53. The SMILES string of the molecule is CC(=O)OCCCNc1cc(Sc2cc(C(C)(C)C)ccc2C)c2nonc2c1[N+](=O)[O-]. The molecule has 1 heterocycles. The summed E-state index contributed by atoms with van der Waals surface area (Å²) in [6.07, 6.45) is 0.501. The highest BCUT2D eigenvalue weighted by atomic mass is 32.2. The number of nitro groups is 1. The first-order valence-corrected chi connectivity index (χ1v) is 11.0. The number of hydrogen-bond donors (Lipinski definition) is 1. The third-order valence-corrected chi connectivity index (χ3v) is 6.07. The summed E-state index contributed by atoms with van der Waals surface area (Å²) in [4.78, 5) is 23.9. The number of ether oxygens (including phenoxy) is 1. The quantitative estimate of drug-likeness (QED) is 0.209. The second-order valence-electron chi connectivity index (χ2n) is 8.44. The number of esters is 1. The van der Waals surface area contributed by atoms with Crippen molar-refractivity contribution in [1.29, 1.82) is 0 Å². The molecule has 0 aliphatic carbocycles. The number of aryl methyl sites for hydroxylation is 1. The van der Waals surface area contributed by atoms with Gasteiger partial charge < -0.3 is 10.1 Å². The van der Waals surface area contributed by atoms with Crippen molar-refractivity contribution >= 4 is 40.1 Å². The van der Waals surface area contributed by atoms with Gasteiger partial charge in [-0.1, -0.05) is 44.7 Å². The van der Waals surface area contributed by atoms with Crippen molar-refractivity contribution in [3.05, 3.63) is 45.5 Å². The van der Waals surface area contributed by atoms with Gasteiger partial charge in [-0.15, -0.1) is 0 Å². The van der Waals surface area contributed by atoms with Gasteiger partial charge in [0.05, 0.1) is 11.5 Å². The summed E-state index contributed by atoms with van der Waals surface area (Å²) >= 11 is 1.47. The predicted octanol–water partition coefficient (Wildman–Crippen LogP) is 5.25. The average Bonchev–Trinajstić information content (AvgIpc) is 3.17. The van der Waals surface area contributed by atoms with E-state index in [2.05, 4.69) is 54.6 Å². The number of hydrogen-bond acceptors (Lipinski definition) is 9. The fraction of sp³-hybridized carbons (Fsp3) is 0.409. The van der Waals surface area contributed by atoms with E-state index >= 15 is 0 Å². The van der Waals surface area contributed by atoms with Crippen molar-refractivity contribution < 1.29 is 19.1 Å². The van der Waals surface area contributed by atoms with Crippen LogP contribution >= 0.6 is 11.8 Å². The van der Waals surface area contributed by atoms with Crippen molar-refractivity contribution in [3.63, 3.8) is 0 Å². The molecule has 0 amide bonds. The van der Waals surface area contributed by atoms with Crippen LogP contribution in [0, 0.1) is 17.0 Å². The predicted molar refractivity (Wildman–Crippen MR) is 122 cm³/mol. The monoisotopic (exact) mass is 458 g/mol. The maximum absolute atomic E-state index is 11.8. The molecule has 0 unspecified atom stereocenters. The molecular weight excluding hydrogens is 432 g/mol. The number of rotatable bonds is 8. The van der Waals surface area contributed by atoms with Crippen molar-refractivity contribution in [2.45, 2.75) is 56.2 Å². The van der Waals surface area contributed by atoms with Gasteiger partial charge in [0.15, 0.2) is 5.52 Å².